The molecule has 13 heteroatoms. The fourth-order valence-electron chi connectivity index (χ4n) is 4.52. The molecular weight excluding hydrogens is 540 g/mol. The lowest BCUT2D eigenvalue weighted by molar-refractivity contribution is -0.384. The molecular formula is C26H34N6O5S2. The van der Waals surface area contributed by atoms with Crippen molar-refractivity contribution in [3.05, 3.63) is 58.1 Å². The van der Waals surface area contributed by atoms with Gasteiger partial charge >= 0.3 is 0 Å². The Bertz CT molecular complexity index is 1400. The monoisotopic (exact) mass is 574 g/mol. The van der Waals surface area contributed by atoms with Crippen molar-refractivity contribution in [1.29, 1.82) is 0 Å². The highest BCUT2D eigenvalue weighted by molar-refractivity contribution is 7.89. The van der Waals surface area contributed by atoms with Crippen LogP contribution in [-0.2, 0) is 10.0 Å². The standard InChI is InChI=1S/C26H34N6O5S2/c1-3-12-31(13-4-2)39(36,37)22-8-5-20(6-9-22)25(33)27-11-14-29-15-17-30(18-16-29)26-28-23-10-7-21(32(34)35)19-24(23)38-26/h5-10,19H,3-4,11-18H2,1-2H3,(H,27,33). The molecule has 0 spiro atoms. The Labute approximate surface area is 232 Å². The van der Waals surface area contributed by atoms with Crippen LogP contribution in [0.15, 0.2) is 47.4 Å². The third-order valence-corrected chi connectivity index (χ3v) is 9.62. The smallest absolute Gasteiger partial charge is 0.270 e. The number of non-ortho nitro benzene ring substituents is 1. The fourth-order valence-corrected chi connectivity index (χ4v) is 7.19. The van der Waals surface area contributed by atoms with E-state index in [9.17, 15) is 23.3 Å². The van der Waals surface area contributed by atoms with E-state index in [-0.39, 0.29) is 16.5 Å². The summed E-state index contributed by atoms with van der Waals surface area (Å²) in [5.41, 5.74) is 1.25. The molecule has 210 valence electrons. The highest BCUT2D eigenvalue weighted by Gasteiger charge is 2.24. The summed E-state index contributed by atoms with van der Waals surface area (Å²) >= 11 is 1.46. The average molecular weight is 575 g/mol. The average Bonchev–Trinajstić information content (AvgIpc) is 3.37. The molecule has 1 aliphatic rings. The van der Waals surface area contributed by atoms with Gasteiger partial charge in [0.25, 0.3) is 11.6 Å². The first-order valence-corrected chi connectivity index (χ1v) is 15.4. The Balaban J connectivity index is 1.25. The van der Waals surface area contributed by atoms with Crippen molar-refractivity contribution >= 4 is 48.3 Å². The lowest BCUT2D eigenvalue weighted by Gasteiger charge is -2.34. The number of nitro benzene ring substituents is 1. The molecule has 0 unspecified atom stereocenters. The number of benzene rings is 2. The molecule has 2 aromatic carbocycles. The molecule has 2 heterocycles. The number of hydrogen-bond donors (Lipinski definition) is 1. The molecule has 1 aliphatic heterocycles. The van der Waals surface area contributed by atoms with Crippen LogP contribution in [0.1, 0.15) is 37.0 Å². The molecule has 0 bridgehead atoms. The summed E-state index contributed by atoms with van der Waals surface area (Å²) in [6, 6.07) is 10.8. The second-order valence-electron chi connectivity index (χ2n) is 9.42. The number of nitro groups is 1. The van der Waals surface area contributed by atoms with Gasteiger partial charge < -0.3 is 10.2 Å². The number of anilines is 1. The number of carbonyl (C=O) groups is 1. The Hall–Kier alpha value is -3.13. The normalized spacial score (nSPS) is 14.7. The molecule has 0 atom stereocenters. The van der Waals surface area contributed by atoms with Crippen LogP contribution in [0.4, 0.5) is 10.8 Å². The van der Waals surface area contributed by atoms with Crippen LogP contribution in [0.3, 0.4) is 0 Å². The molecule has 4 rings (SSSR count). The minimum atomic E-state index is -3.58. The second kappa shape index (κ2) is 12.8. The van der Waals surface area contributed by atoms with Crippen molar-refractivity contribution in [2.75, 3.05) is 57.3 Å². The van der Waals surface area contributed by atoms with Crippen LogP contribution in [0.2, 0.25) is 0 Å². The maximum atomic E-state index is 12.9. The van der Waals surface area contributed by atoms with Gasteiger partial charge in [0.2, 0.25) is 10.0 Å². The predicted octanol–water partition coefficient (Wildman–Crippen LogP) is 3.57. The molecule has 1 saturated heterocycles. The van der Waals surface area contributed by atoms with E-state index in [0.717, 1.165) is 54.4 Å². The number of sulfonamides is 1. The number of thiazole rings is 1. The summed E-state index contributed by atoms with van der Waals surface area (Å²) in [5.74, 6) is -0.236. The van der Waals surface area contributed by atoms with Crippen molar-refractivity contribution in [1.82, 2.24) is 19.5 Å². The maximum absolute atomic E-state index is 12.9. The number of nitrogens with zero attached hydrogens (tertiary/aromatic N) is 5. The van der Waals surface area contributed by atoms with Crippen LogP contribution in [0.5, 0.6) is 0 Å². The predicted molar refractivity (Wildman–Crippen MR) is 153 cm³/mol. The number of aromatic nitrogens is 1. The first-order valence-electron chi connectivity index (χ1n) is 13.1. The Morgan fingerprint density at radius 1 is 1.08 bits per heavy atom. The third-order valence-electron chi connectivity index (χ3n) is 6.63. The molecule has 11 nitrogen and oxygen atoms in total. The zero-order valence-electron chi connectivity index (χ0n) is 22.2. The Kier molecular flexibility index (Phi) is 9.49. The maximum Gasteiger partial charge on any atom is 0.270 e. The van der Waals surface area contributed by atoms with Gasteiger partial charge in [0.15, 0.2) is 5.13 Å². The van der Waals surface area contributed by atoms with Gasteiger partial charge in [-0.25, -0.2) is 13.4 Å². The number of nitrogens with one attached hydrogen (secondary N) is 1. The van der Waals surface area contributed by atoms with Crippen LogP contribution < -0.4 is 10.2 Å². The third kappa shape index (κ3) is 6.90. The highest BCUT2D eigenvalue weighted by atomic mass is 32.2. The van der Waals surface area contributed by atoms with Crippen LogP contribution in [0.25, 0.3) is 10.2 Å². The molecule has 39 heavy (non-hydrogen) atoms. The van der Waals surface area contributed by atoms with E-state index in [1.165, 1.54) is 33.8 Å². The Morgan fingerprint density at radius 2 is 1.74 bits per heavy atom. The summed E-state index contributed by atoms with van der Waals surface area (Å²) in [4.78, 5) is 32.5. The molecule has 1 aromatic heterocycles. The van der Waals surface area contributed by atoms with Gasteiger partial charge in [-0.15, -0.1) is 0 Å². The molecule has 3 aromatic rings. The topological polar surface area (TPSA) is 129 Å². The molecule has 1 N–H and O–H groups in total. The van der Waals surface area contributed by atoms with Crippen molar-refractivity contribution in [2.24, 2.45) is 0 Å². The number of piperazine rings is 1. The molecule has 1 fully saturated rings. The van der Waals surface area contributed by atoms with E-state index >= 15 is 0 Å². The summed E-state index contributed by atoms with van der Waals surface area (Å²) in [6.07, 6.45) is 1.48. The van der Waals surface area contributed by atoms with Crippen molar-refractivity contribution in [3.8, 4) is 0 Å². The van der Waals surface area contributed by atoms with Gasteiger partial charge in [0.05, 0.1) is 20.0 Å². The zero-order valence-corrected chi connectivity index (χ0v) is 23.8. The molecule has 0 saturated carbocycles. The lowest BCUT2D eigenvalue weighted by Crippen LogP contribution is -2.48. The zero-order chi connectivity index (χ0) is 28.0. The Morgan fingerprint density at radius 3 is 2.36 bits per heavy atom. The van der Waals surface area contributed by atoms with Gasteiger partial charge in [-0.05, 0) is 43.2 Å². The van der Waals surface area contributed by atoms with E-state index in [2.05, 4.69) is 20.1 Å². The summed E-state index contributed by atoms with van der Waals surface area (Å²) in [7, 11) is -3.58. The minimum Gasteiger partial charge on any atom is -0.351 e. The van der Waals surface area contributed by atoms with E-state index < -0.39 is 14.9 Å². The lowest BCUT2D eigenvalue weighted by atomic mass is 10.2. The van der Waals surface area contributed by atoms with Crippen molar-refractivity contribution in [2.45, 2.75) is 31.6 Å². The van der Waals surface area contributed by atoms with Crippen molar-refractivity contribution < 1.29 is 18.1 Å². The van der Waals surface area contributed by atoms with Gasteiger partial charge in [0, 0.05) is 70.1 Å². The van der Waals surface area contributed by atoms with E-state index in [0.29, 0.717) is 31.7 Å². The fraction of sp³-hybridized carbons (Fsp3) is 0.462. The molecule has 1 amide bonds. The molecule has 0 radical (unpaired) electrons. The summed E-state index contributed by atoms with van der Waals surface area (Å²) in [5, 5.41) is 14.8. The summed E-state index contributed by atoms with van der Waals surface area (Å²) in [6.45, 7) is 9.19. The number of amides is 1. The molecule has 0 aliphatic carbocycles. The quantitative estimate of drug-likeness (QED) is 0.257. The van der Waals surface area contributed by atoms with Gasteiger partial charge in [-0.3, -0.25) is 19.8 Å². The second-order valence-corrected chi connectivity index (χ2v) is 12.4. The van der Waals surface area contributed by atoms with E-state index in [1.54, 1.807) is 24.3 Å². The van der Waals surface area contributed by atoms with Gasteiger partial charge in [-0.1, -0.05) is 25.2 Å². The summed E-state index contributed by atoms with van der Waals surface area (Å²) < 4.78 is 28.1. The highest BCUT2D eigenvalue weighted by Crippen LogP contribution is 2.31. The van der Waals surface area contributed by atoms with Gasteiger partial charge in [-0.2, -0.15) is 4.31 Å². The number of hydrogen-bond acceptors (Lipinski definition) is 9. The number of fused-ring (bicyclic) bond motifs is 1. The van der Waals surface area contributed by atoms with Gasteiger partial charge in [0.1, 0.15) is 0 Å². The van der Waals surface area contributed by atoms with Crippen LogP contribution >= 0.6 is 11.3 Å². The minimum absolute atomic E-state index is 0.0659. The van der Waals surface area contributed by atoms with Crippen LogP contribution in [-0.4, -0.2) is 85.8 Å². The first-order chi connectivity index (χ1) is 18.7. The van der Waals surface area contributed by atoms with E-state index in [4.69, 9.17) is 0 Å². The number of carbonyl (C=O) groups excluding carboxylic acids is 1. The van der Waals surface area contributed by atoms with E-state index in [1.807, 2.05) is 13.8 Å². The SMILES string of the molecule is CCCN(CCC)S(=O)(=O)c1ccc(C(=O)NCCN2CCN(c3nc4ccc([N+](=O)[O-])cc4s3)CC2)cc1. The van der Waals surface area contributed by atoms with Crippen molar-refractivity contribution in [3.63, 3.8) is 0 Å². The first kappa shape index (κ1) is 28.9. The largest absolute Gasteiger partial charge is 0.351 e. The van der Waals surface area contributed by atoms with Crippen LogP contribution in [0, 0.1) is 10.1 Å². The number of rotatable bonds is 12.